The summed E-state index contributed by atoms with van der Waals surface area (Å²) in [6, 6.07) is 6.13. The number of aromatic nitrogens is 1. The van der Waals surface area contributed by atoms with Crippen molar-refractivity contribution in [3.05, 3.63) is 41.3 Å². The lowest BCUT2D eigenvalue weighted by Gasteiger charge is -2.24. The molecule has 0 aliphatic heterocycles. The maximum absolute atomic E-state index is 13.1. The number of nitrogens with one attached hydrogen (secondary N) is 1. The van der Waals surface area contributed by atoms with Gasteiger partial charge >= 0.3 is 0 Å². The summed E-state index contributed by atoms with van der Waals surface area (Å²) < 4.78 is 18.5. The Morgan fingerprint density at radius 2 is 1.92 bits per heavy atom. The molecular formula is C19H26FN3O2. The SMILES string of the molecule is CCN(CC(=O)NC(C)(C)C)Cc1noc(-c2ccc(F)cc2)c1C. The van der Waals surface area contributed by atoms with Crippen molar-refractivity contribution in [1.29, 1.82) is 0 Å². The zero-order valence-corrected chi connectivity index (χ0v) is 15.5. The molecule has 5 nitrogen and oxygen atoms in total. The second kappa shape index (κ2) is 7.78. The summed E-state index contributed by atoms with van der Waals surface area (Å²) in [5.41, 5.74) is 2.22. The number of benzene rings is 1. The first-order chi connectivity index (χ1) is 11.7. The molecule has 0 bridgehead atoms. The summed E-state index contributed by atoms with van der Waals surface area (Å²) in [5, 5.41) is 7.10. The molecule has 1 aromatic heterocycles. The normalized spacial score (nSPS) is 11.8. The van der Waals surface area contributed by atoms with Crippen LogP contribution in [-0.4, -0.2) is 34.6 Å². The van der Waals surface area contributed by atoms with Crippen LogP contribution in [0.15, 0.2) is 28.8 Å². The highest BCUT2D eigenvalue weighted by Crippen LogP contribution is 2.26. The van der Waals surface area contributed by atoms with E-state index in [1.165, 1.54) is 12.1 Å². The Bertz CT molecular complexity index is 717. The number of hydrogen-bond acceptors (Lipinski definition) is 4. The van der Waals surface area contributed by atoms with Crippen LogP contribution in [0, 0.1) is 12.7 Å². The maximum Gasteiger partial charge on any atom is 0.234 e. The van der Waals surface area contributed by atoms with Crippen molar-refractivity contribution in [3.8, 4) is 11.3 Å². The van der Waals surface area contributed by atoms with Crippen LogP contribution < -0.4 is 5.32 Å². The average molecular weight is 347 g/mol. The molecule has 0 atom stereocenters. The molecule has 2 aromatic rings. The largest absolute Gasteiger partial charge is 0.356 e. The van der Waals surface area contributed by atoms with E-state index in [0.29, 0.717) is 18.8 Å². The second-order valence-corrected chi connectivity index (χ2v) is 7.19. The van der Waals surface area contributed by atoms with Gasteiger partial charge in [-0.15, -0.1) is 0 Å². The molecule has 1 N–H and O–H groups in total. The molecule has 0 aliphatic carbocycles. The van der Waals surface area contributed by atoms with Crippen LogP contribution in [0.3, 0.4) is 0 Å². The fourth-order valence-electron chi connectivity index (χ4n) is 2.54. The summed E-state index contributed by atoms with van der Waals surface area (Å²) >= 11 is 0. The van der Waals surface area contributed by atoms with Crippen molar-refractivity contribution in [2.75, 3.05) is 13.1 Å². The molecule has 0 radical (unpaired) electrons. The van der Waals surface area contributed by atoms with Gasteiger partial charge < -0.3 is 9.84 Å². The van der Waals surface area contributed by atoms with E-state index in [-0.39, 0.29) is 17.3 Å². The molecule has 2 rings (SSSR count). The standard InChI is InChI=1S/C19H26FN3O2/c1-6-23(12-17(24)21-19(3,4)5)11-16-13(2)18(25-22-16)14-7-9-15(20)10-8-14/h7-10H,6,11-12H2,1-5H3,(H,21,24). The van der Waals surface area contributed by atoms with E-state index in [9.17, 15) is 9.18 Å². The average Bonchev–Trinajstić information content (AvgIpc) is 2.86. The van der Waals surface area contributed by atoms with Crippen molar-refractivity contribution in [2.24, 2.45) is 0 Å². The van der Waals surface area contributed by atoms with Crippen molar-refractivity contribution >= 4 is 5.91 Å². The van der Waals surface area contributed by atoms with Crippen molar-refractivity contribution < 1.29 is 13.7 Å². The van der Waals surface area contributed by atoms with Gasteiger partial charge in [0.05, 0.1) is 6.54 Å². The van der Waals surface area contributed by atoms with E-state index in [0.717, 1.165) is 23.4 Å². The maximum atomic E-state index is 13.1. The first kappa shape index (κ1) is 19.1. The molecule has 0 saturated carbocycles. The summed E-state index contributed by atoms with van der Waals surface area (Å²) in [7, 11) is 0. The fourth-order valence-corrected chi connectivity index (χ4v) is 2.54. The van der Waals surface area contributed by atoms with Gasteiger partial charge in [-0.05, 0) is 58.5 Å². The summed E-state index contributed by atoms with van der Waals surface area (Å²) in [4.78, 5) is 14.1. The third kappa shape index (κ3) is 5.39. The lowest BCUT2D eigenvalue weighted by molar-refractivity contribution is -0.123. The van der Waals surface area contributed by atoms with Crippen molar-refractivity contribution in [3.63, 3.8) is 0 Å². The number of carbonyl (C=O) groups excluding carboxylic acids is 1. The van der Waals surface area contributed by atoms with E-state index in [2.05, 4.69) is 10.5 Å². The minimum absolute atomic E-state index is 0.0192. The number of amides is 1. The van der Waals surface area contributed by atoms with Crippen LogP contribution in [0.2, 0.25) is 0 Å². The molecule has 25 heavy (non-hydrogen) atoms. The lowest BCUT2D eigenvalue weighted by Crippen LogP contribution is -2.45. The van der Waals surface area contributed by atoms with Crippen LogP contribution in [0.5, 0.6) is 0 Å². The topological polar surface area (TPSA) is 58.4 Å². The third-order valence-electron chi connectivity index (χ3n) is 3.83. The number of halogens is 1. The van der Waals surface area contributed by atoms with Gasteiger partial charge in [0.15, 0.2) is 5.76 Å². The highest BCUT2D eigenvalue weighted by atomic mass is 19.1. The van der Waals surface area contributed by atoms with Crippen LogP contribution in [0.1, 0.15) is 39.0 Å². The Morgan fingerprint density at radius 3 is 2.48 bits per heavy atom. The van der Waals surface area contributed by atoms with Crippen molar-refractivity contribution in [1.82, 2.24) is 15.4 Å². The number of likely N-dealkylation sites (N-methyl/N-ethyl adjacent to an activating group) is 1. The third-order valence-corrected chi connectivity index (χ3v) is 3.83. The summed E-state index contributed by atoms with van der Waals surface area (Å²) in [6.07, 6.45) is 0. The van der Waals surface area contributed by atoms with Gasteiger partial charge in [0.2, 0.25) is 5.91 Å². The van der Waals surface area contributed by atoms with E-state index >= 15 is 0 Å². The molecule has 1 amide bonds. The van der Waals surface area contributed by atoms with Crippen LogP contribution in [0.25, 0.3) is 11.3 Å². The number of carbonyl (C=O) groups is 1. The molecule has 1 aromatic carbocycles. The zero-order chi connectivity index (χ0) is 18.6. The van der Waals surface area contributed by atoms with E-state index < -0.39 is 0 Å². The summed E-state index contributed by atoms with van der Waals surface area (Å²) in [5.74, 6) is 0.322. The van der Waals surface area contributed by atoms with Crippen LogP contribution >= 0.6 is 0 Å². The first-order valence-electron chi connectivity index (χ1n) is 8.44. The number of hydrogen-bond donors (Lipinski definition) is 1. The predicted octanol–water partition coefficient (Wildman–Crippen LogP) is 3.53. The van der Waals surface area contributed by atoms with Crippen LogP contribution in [0.4, 0.5) is 4.39 Å². The molecule has 1 heterocycles. The molecular weight excluding hydrogens is 321 g/mol. The van der Waals surface area contributed by atoms with Crippen molar-refractivity contribution in [2.45, 2.75) is 46.7 Å². The highest BCUT2D eigenvalue weighted by molar-refractivity contribution is 5.78. The Kier molecular flexibility index (Phi) is 5.95. The van der Waals surface area contributed by atoms with Gasteiger partial charge in [-0.2, -0.15) is 0 Å². The lowest BCUT2D eigenvalue weighted by atomic mass is 10.1. The predicted molar refractivity (Wildman–Crippen MR) is 95.5 cm³/mol. The Labute approximate surface area is 148 Å². The highest BCUT2D eigenvalue weighted by Gasteiger charge is 2.19. The molecule has 0 fully saturated rings. The van der Waals surface area contributed by atoms with Crippen LogP contribution in [-0.2, 0) is 11.3 Å². The molecule has 136 valence electrons. The minimum Gasteiger partial charge on any atom is -0.356 e. The van der Waals surface area contributed by atoms with Gasteiger partial charge in [0.25, 0.3) is 0 Å². The monoisotopic (exact) mass is 347 g/mol. The Balaban J connectivity index is 2.08. The molecule has 0 unspecified atom stereocenters. The Hall–Kier alpha value is -2.21. The van der Waals surface area contributed by atoms with Gasteiger partial charge in [-0.25, -0.2) is 4.39 Å². The van der Waals surface area contributed by atoms with Gasteiger partial charge in [-0.3, -0.25) is 9.69 Å². The quantitative estimate of drug-likeness (QED) is 0.868. The minimum atomic E-state index is -0.289. The molecule has 0 aliphatic rings. The zero-order valence-electron chi connectivity index (χ0n) is 15.5. The van der Waals surface area contributed by atoms with Gasteiger partial charge in [0.1, 0.15) is 11.5 Å². The van der Waals surface area contributed by atoms with Gasteiger partial charge in [0, 0.05) is 23.2 Å². The van der Waals surface area contributed by atoms with E-state index in [1.54, 1.807) is 12.1 Å². The summed E-state index contributed by atoms with van der Waals surface area (Å²) in [6.45, 7) is 11.3. The Morgan fingerprint density at radius 1 is 1.28 bits per heavy atom. The molecule has 0 spiro atoms. The number of rotatable bonds is 6. The smallest absolute Gasteiger partial charge is 0.234 e. The molecule has 6 heteroatoms. The van der Waals surface area contributed by atoms with E-state index in [4.69, 9.17) is 4.52 Å². The second-order valence-electron chi connectivity index (χ2n) is 7.19. The van der Waals surface area contributed by atoms with E-state index in [1.807, 2.05) is 39.5 Å². The van der Waals surface area contributed by atoms with Gasteiger partial charge in [-0.1, -0.05) is 12.1 Å². The first-order valence-corrected chi connectivity index (χ1v) is 8.44. The molecule has 0 saturated heterocycles. The number of nitrogens with zero attached hydrogens (tertiary/aromatic N) is 2. The fraction of sp³-hybridized carbons (Fsp3) is 0.474.